The third-order valence-corrected chi connectivity index (χ3v) is 6.52. The Kier molecular flexibility index (Phi) is 5.82. The van der Waals surface area contributed by atoms with E-state index in [1.54, 1.807) is 12.3 Å². The number of hydrogen-bond donors (Lipinski definition) is 1. The molecular formula is C25H28N4O5. The molecule has 1 N–H and O–H groups in total. The van der Waals surface area contributed by atoms with Crippen LogP contribution in [0.1, 0.15) is 16.7 Å². The molecule has 0 spiro atoms. The Labute approximate surface area is 198 Å². The summed E-state index contributed by atoms with van der Waals surface area (Å²) in [6, 6.07) is 10.2. The quantitative estimate of drug-likeness (QED) is 0.731. The van der Waals surface area contributed by atoms with E-state index in [0.717, 1.165) is 50.5 Å². The number of nitrogens with zero attached hydrogens (tertiary/aromatic N) is 4. The first kappa shape index (κ1) is 21.4. The molecule has 0 bridgehead atoms. The predicted octanol–water partition coefficient (Wildman–Crippen LogP) is 1.66. The minimum Gasteiger partial charge on any atom is -0.478 e. The lowest BCUT2D eigenvalue weighted by atomic mass is 9.93. The maximum absolute atomic E-state index is 10.7. The Balaban J connectivity index is 1.15. The third-order valence-electron chi connectivity index (χ3n) is 6.52. The van der Waals surface area contributed by atoms with Crippen LogP contribution in [0.3, 0.4) is 0 Å². The van der Waals surface area contributed by atoms with Crippen LogP contribution in [0.5, 0.6) is 11.6 Å². The highest BCUT2D eigenvalue weighted by molar-refractivity contribution is 5.97. The van der Waals surface area contributed by atoms with Gasteiger partial charge in [0.05, 0.1) is 18.9 Å². The van der Waals surface area contributed by atoms with Crippen molar-refractivity contribution in [3.63, 3.8) is 0 Å². The predicted molar refractivity (Wildman–Crippen MR) is 124 cm³/mol. The van der Waals surface area contributed by atoms with Crippen molar-refractivity contribution in [1.82, 2.24) is 14.8 Å². The fourth-order valence-electron chi connectivity index (χ4n) is 4.77. The molecule has 0 radical (unpaired) electrons. The fourth-order valence-corrected chi connectivity index (χ4v) is 4.77. The molecule has 4 aliphatic heterocycles. The van der Waals surface area contributed by atoms with Gasteiger partial charge in [-0.05, 0) is 29.7 Å². The van der Waals surface area contributed by atoms with E-state index in [1.807, 2.05) is 17.0 Å². The van der Waals surface area contributed by atoms with E-state index in [9.17, 15) is 5.11 Å². The van der Waals surface area contributed by atoms with Gasteiger partial charge in [-0.2, -0.15) is 4.99 Å². The number of rotatable bonds is 4. The number of hydrogen-bond acceptors (Lipinski definition) is 9. The van der Waals surface area contributed by atoms with E-state index >= 15 is 0 Å². The van der Waals surface area contributed by atoms with Crippen LogP contribution in [0.2, 0.25) is 0 Å². The summed E-state index contributed by atoms with van der Waals surface area (Å²) < 4.78 is 23.0. The molecule has 178 valence electrons. The molecule has 9 nitrogen and oxygen atoms in total. The second-order valence-electron chi connectivity index (χ2n) is 8.84. The normalized spacial score (nSPS) is 24.0. The summed E-state index contributed by atoms with van der Waals surface area (Å²) >= 11 is 0. The molecule has 34 heavy (non-hydrogen) atoms. The molecule has 1 aromatic heterocycles. The number of morpholine rings is 1. The molecule has 2 aromatic rings. The van der Waals surface area contributed by atoms with Crippen LogP contribution in [0.4, 0.5) is 0 Å². The first-order valence-corrected chi connectivity index (χ1v) is 11.8. The van der Waals surface area contributed by atoms with E-state index in [-0.39, 0.29) is 12.7 Å². The van der Waals surface area contributed by atoms with Gasteiger partial charge in [0.25, 0.3) is 5.88 Å². The zero-order valence-corrected chi connectivity index (χ0v) is 18.9. The minimum atomic E-state index is -0.968. The van der Waals surface area contributed by atoms with E-state index in [1.165, 1.54) is 11.1 Å². The first-order valence-electron chi connectivity index (χ1n) is 11.8. The van der Waals surface area contributed by atoms with Crippen molar-refractivity contribution >= 4 is 11.6 Å². The van der Waals surface area contributed by atoms with Crippen molar-refractivity contribution in [3.8, 4) is 11.6 Å². The average molecular weight is 465 g/mol. The highest BCUT2D eigenvalue weighted by atomic mass is 16.6. The molecule has 6 rings (SSSR count). The number of ether oxygens (including phenoxy) is 4. The number of aromatic nitrogens is 1. The van der Waals surface area contributed by atoms with Crippen molar-refractivity contribution in [3.05, 3.63) is 59.3 Å². The summed E-state index contributed by atoms with van der Waals surface area (Å²) in [5, 5.41) is 10.7. The highest BCUT2D eigenvalue weighted by Gasteiger charge is 2.31. The molecule has 1 saturated heterocycles. The Morgan fingerprint density at radius 1 is 1.15 bits per heavy atom. The molecule has 2 unspecified atom stereocenters. The van der Waals surface area contributed by atoms with Crippen molar-refractivity contribution in [2.45, 2.75) is 25.4 Å². The molecule has 0 amide bonds. The van der Waals surface area contributed by atoms with Gasteiger partial charge in [0.2, 0.25) is 12.2 Å². The Morgan fingerprint density at radius 3 is 2.97 bits per heavy atom. The fraction of sp³-hybridized carbons (Fsp3) is 0.440. The average Bonchev–Trinajstić information content (AvgIpc) is 2.87. The molecule has 5 heterocycles. The topological polar surface area (TPSA) is 88.9 Å². The number of pyridine rings is 1. The van der Waals surface area contributed by atoms with Crippen LogP contribution < -0.4 is 9.47 Å². The summed E-state index contributed by atoms with van der Waals surface area (Å²) in [4.78, 5) is 12.8. The second kappa shape index (κ2) is 9.25. The highest BCUT2D eigenvalue weighted by Crippen LogP contribution is 2.34. The number of aliphatic hydroxyl groups is 1. The zero-order valence-electron chi connectivity index (χ0n) is 18.9. The van der Waals surface area contributed by atoms with E-state index in [0.29, 0.717) is 30.7 Å². The van der Waals surface area contributed by atoms with Gasteiger partial charge in [-0.1, -0.05) is 18.2 Å². The van der Waals surface area contributed by atoms with Crippen molar-refractivity contribution < 1.29 is 24.1 Å². The molecule has 0 saturated carbocycles. The van der Waals surface area contributed by atoms with Gasteiger partial charge >= 0.3 is 0 Å². The number of fused-ring (bicyclic) bond motifs is 4. The smallest absolute Gasteiger partial charge is 0.257 e. The number of benzene rings is 1. The summed E-state index contributed by atoms with van der Waals surface area (Å²) in [5.41, 5.74) is 4.64. The summed E-state index contributed by atoms with van der Waals surface area (Å²) in [7, 11) is 0. The Hall–Kier alpha value is -3.14. The second-order valence-corrected chi connectivity index (χ2v) is 8.84. The molecule has 0 aliphatic carbocycles. The molecule has 1 fully saturated rings. The van der Waals surface area contributed by atoms with Gasteiger partial charge in [0.15, 0.2) is 11.9 Å². The standard InChI is InChI=1S/C25H28N4O5/c30-25-27-23(32-15-19-16-33-24-22(34-19)2-1-6-26-24)13-21-20-4-3-17(12-18(20)5-7-29(21)25)14-28-8-10-31-11-9-28/h1-4,6,12-13,19,25,30H,5,7-11,14-16H2. The van der Waals surface area contributed by atoms with Crippen LogP contribution in [0, 0.1) is 0 Å². The lowest BCUT2D eigenvalue weighted by Crippen LogP contribution is -2.41. The summed E-state index contributed by atoms with van der Waals surface area (Å²) in [5.74, 6) is 1.49. The number of aliphatic imine (C=N–C) groups is 1. The van der Waals surface area contributed by atoms with Crippen molar-refractivity contribution in [2.24, 2.45) is 4.99 Å². The van der Waals surface area contributed by atoms with Crippen LogP contribution in [-0.2, 0) is 22.4 Å². The molecule has 4 aliphatic rings. The third kappa shape index (κ3) is 4.34. The van der Waals surface area contributed by atoms with Crippen LogP contribution >= 0.6 is 0 Å². The Morgan fingerprint density at radius 2 is 2.06 bits per heavy atom. The van der Waals surface area contributed by atoms with Crippen molar-refractivity contribution in [2.75, 3.05) is 46.1 Å². The number of aliphatic hydroxyl groups excluding tert-OH is 1. The largest absolute Gasteiger partial charge is 0.478 e. The minimum absolute atomic E-state index is 0.259. The molecule has 2 atom stereocenters. The van der Waals surface area contributed by atoms with Gasteiger partial charge in [0.1, 0.15) is 13.2 Å². The van der Waals surface area contributed by atoms with Gasteiger partial charge in [0, 0.05) is 44.0 Å². The molecule has 9 heteroatoms. The van der Waals surface area contributed by atoms with Crippen molar-refractivity contribution in [1.29, 1.82) is 0 Å². The Bertz CT molecular complexity index is 1110. The van der Waals surface area contributed by atoms with Gasteiger partial charge in [-0.15, -0.1) is 0 Å². The SMILES string of the molecule is OC1N=C(OCC2COc3ncccc3O2)C=C2c3ccc(CN4CCOCC4)cc3CCN21. The maximum atomic E-state index is 10.7. The van der Waals surface area contributed by atoms with Crippen LogP contribution in [-0.4, -0.2) is 84.3 Å². The monoisotopic (exact) mass is 464 g/mol. The van der Waals surface area contributed by atoms with E-state index in [2.05, 4.69) is 33.1 Å². The van der Waals surface area contributed by atoms with Crippen LogP contribution in [0.15, 0.2) is 47.6 Å². The van der Waals surface area contributed by atoms with E-state index < -0.39 is 6.35 Å². The molecular weight excluding hydrogens is 436 g/mol. The lowest BCUT2D eigenvalue weighted by Gasteiger charge is -2.37. The van der Waals surface area contributed by atoms with Gasteiger partial charge in [-0.25, -0.2) is 4.98 Å². The summed E-state index contributed by atoms with van der Waals surface area (Å²) in [6.07, 6.45) is 3.19. The first-order chi connectivity index (χ1) is 16.7. The van der Waals surface area contributed by atoms with Crippen LogP contribution in [0.25, 0.3) is 5.70 Å². The van der Waals surface area contributed by atoms with Gasteiger partial charge in [-0.3, -0.25) is 4.90 Å². The van der Waals surface area contributed by atoms with E-state index in [4.69, 9.17) is 18.9 Å². The van der Waals surface area contributed by atoms with Gasteiger partial charge < -0.3 is 29.0 Å². The maximum Gasteiger partial charge on any atom is 0.257 e. The lowest BCUT2D eigenvalue weighted by molar-refractivity contribution is 0.0340. The zero-order chi connectivity index (χ0) is 22.9. The molecule has 1 aromatic carbocycles. The summed E-state index contributed by atoms with van der Waals surface area (Å²) in [6.45, 7) is 5.78.